The normalized spacial score (nSPS) is 15.9. The molecule has 1 fully saturated rings. The zero-order valence-corrected chi connectivity index (χ0v) is 18.4. The van der Waals surface area contributed by atoms with Gasteiger partial charge in [0.2, 0.25) is 10.0 Å². The van der Waals surface area contributed by atoms with Crippen LogP contribution in [0.2, 0.25) is 5.02 Å². The molecule has 3 rings (SSSR count). The minimum atomic E-state index is -3.75. The van der Waals surface area contributed by atoms with E-state index >= 15 is 0 Å². The van der Waals surface area contributed by atoms with E-state index in [1.165, 1.54) is 16.4 Å². The number of para-hydroxylation sites is 1. The van der Waals surface area contributed by atoms with Gasteiger partial charge in [0.05, 0.1) is 5.02 Å². The van der Waals surface area contributed by atoms with Gasteiger partial charge in [0.1, 0.15) is 4.90 Å². The molecule has 2 aromatic rings. The number of carbonyl (C=O) groups excluding carboxylic acids is 1. The fourth-order valence-corrected chi connectivity index (χ4v) is 5.59. The van der Waals surface area contributed by atoms with Crippen molar-refractivity contribution in [1.29, 1.82) is 0 Å². The Morgan fingerprint density at radius 1 is 1.03 bits per heavy atom. The van der Waals surface area contributed by atoms with Crippen LogP contribution >= 0.6 is 11.6 Å². The Balaban J connectivity index is 1.90. The first-order valence-corrected chi connectivity index (χ1v) is 11.8. The number of halogens is 1. The Kier molecular flexibility index (Phi) is 6.98. The number of hydrogen-bond acceptors (Lipinski definition) is 3. The Morgan fingerprint density at radius 3 is 2.34 bits per heavy atom. The molecule has 0 spiro atoms. The van der Waals surface area contributed by atoms with Crippen LogP contribution in [0, 0.1) is 0 Å². The maximum atomic E-state index is 13.1. The molecule has 2 aromatic carbocycles. The van der Waals surface area contributed by atoms with Gasteiger partial charge in [-0.05, 0) is 48.6 Å². The largest absolute Gasteiger partial charge is 0.322 e. The van der Waals surface area contributed by atoms with Gasteiger partial charge in [-0.3, -0.25) is 4.79 Å². The van der Waals surface area contributed by atoms with Gasteiger partial charge < -0.3 is 5.32 Å². The summed E-state index contributed by atoms with van der Waals surface area (Å²) >= 11 is 6.23. The third-order valence-corrected chi connectivity index (χ3v) is 7.59. The van der Waals surface area contributed by atoms with E-state index in [2.05, 4.69) is 19.2 Å². The predicted molar refractivity (Wildman–Crippen MR) is 117 cm³/mol. The van der Waals surface area contributed by atoms with Gasteiger partial charge in [-0.2, -0.15) is 4.31 Å². The summed E-state index contributed by atoms with van der Waals surface area (Å²) in [7, 11) is -3.75. The maximum absolute atomic E-state index is 13.1. The van der Waals surface area contributed by atoms with E-state index in [1.807, 2.05) is 24.3 Å². The zero-order valence-electron chi connectivity index (χ0n) is 16.8. The molecule has 0 atom stereocenters. The molecule has 1 amide bonds. The Hall–Kier alpha value is -1.89. The topological polar surface area (TPSA) is 66.5 Å². The van der Waals surface area contributed by atoms with Crippen LogP contribution in [0.25, 0.3) is 0 Å². The molecule has 5 nitrogen and oxygen atoms in total. The smallest absolute Gasteiger partial charge is 0.255 e. The zero-order chi connectivity index (χ0) is 21.0. The highest BCUT2D eigenvalue weighted by Gasteiger charge is 2.28. The molecule has 0 unspecified atom stereocenters. The lowest BCUT2D eigenvalue weighted by atomic mass is 10.0. The fourth-order valence-electron chi connectivity index (χ4n) is 3.57. The number of rotatable bonds is 5. The average Bonchev–Trinajstić information content (AvgIpc) is 2.98. The first-order valence-electron chi connectivity index (χ1n) is 10.0. The molecular formula is C22H27ClN2O3S. The number of nitrogens with zero attached hydrogens (tertiary/aromatic N) is 1. The SMILES string of the molecule is CC(C)c1ccccc1NC(=O)c1ccc(Cl)c(S(=O)(=O)N2CCCCCC2)c1. The van der Waals surface area contributed by atoms with Crippen molar-refractivity contribution in [3.63, 3.8) is 0 Å². The van der Waals surface area contributed by atoms with Gasteiger partial charge in [-0.15, -0.1) is 0 Å². The molecule has 1 aliphatic heterocycles. The summed E-state index contributed by atoms with van der Waals surface area (Å²) in [6, 6.07) is 12.0. The quantitative estimate of drug-likeness (QED) is 0.696. The Bertz CT molecular complexity index is 981. The number of carbonyl (C=O) groups is 1. The summed E-state index contributed by atoms with van der Waals surface area (Å²) in [5.74, 6) is -0.113. The van der Waals surface area contributed by atoms with Crippen molar-refractivity contribution in [3.05, 3.63) is 58.6 Å². The van der Waals surface area contributed by atoms with E-state index < -0.39 is 10.0 Å². The predicted octanol–water partition coefficient (Wildman–Crippen LogP) is 5.28. The van der Waals surface area contributed by atoms with Crippen LogP contribution in [0.1, 0.15) is 61.4 Å². The molecule has 156 valence electrons. The molecule has 1 saturated heterocycles. The van der Waals surface area contributed by atoms with E-state index in [4.69, 9.17) is 11.6 Å². The van der Waals surface area contributed by atoms with Crippen LogP contribution in [-0.4, -0.2) is 31.7 Å². The number of amides is 1. The number of nitrogens with one attached hydrogen (secondary N) is 1. The molecule has 1 heterocycles. The second-order valence-electron chi connectivity index (χ2n) is 7.66. The standard InChI is InChI=1S/C22H27ClN2O3S/c1-16(2)18-9-5-6-10-20(18)24-22(26)17-11-12-19(23)21(15-17)29(27,28)25-13-7-3-4-8-14-25/h5-6,9-12,15-16H,3-4,7-8,13-14H2,1-2H3,(H,24,26). The highest BCUT2D eigenvalue weighted by atomic mass is 35.5. The first-order chi connectivity index (χ1) is 13.8. The van der Waals surface area contributed by atoms with Crippen molar-refractivity contribution in [2.75, 3.05) is 18.4 Å². The van der Waals surface area contributed by atoms with Gasteiger partial charge in [-0.1, -0.05) is 56.5 Å². The lowest BCUT2D eigenvalue weighted by Gasteiger charge is -2.21. The van der Waals surface area contributed by atoms with Gasteiger partial charge in [-0.25, -0.2) is 8.42 Å². The van der Waals surface area contributed by atoms with E-state index in [9.17, 15) is 13.2 Å². The molecule has 0 radical (unpaired) electrons. The minimum absolute atomic E-state index is 0.00846. The van der Waals surface area contributed by atoms with E-state index in [1.54, 1.807) is 6.07 Å². The van der Waals surface area contributed by atoms with E-state index in [0.717, 1.165) is 36.9 Å². The number of hydrogen-bond donors (Lipinski definition) is 1. The Morgan fingerprint density at radius 2 is 1.69 bits per heavy atom. The van der Waals surface area contributed by atoms with Crippen LogP contribution in [-0.2, 0) is 10.0 Å². The van der Waals surface area contributed by atoms with Crippen molar-refractivity contribution in [2.24, 2.45) is 0 Å². The van der Waals surface area contributed by atoms with Crippen LogP contribution < -0.4 is 5.32 Å². The molecular weight excluding hydrogens is 408 g/mol. The fraction of sp³-hybridized carbons (Fsp3) is 0.409. The molecule has 29 heavy (non-hydrogen) atoms. The average molecular weight is 435 g/mol. The summed E-state index contributed by atoms with van der Waals surface area (Å²) in [6.07, 6.45) is 3.72. The third kappa shape index (κ3) is 5.00. The number of benzene rings is 2. The number of sulfonamides is 1. The van der Waals surface area contributed by atoms with Gasteiger partial charge in [0.25, 0.3) is 5.91 Å². The van der Waals surface area contributed by atoms with Crippen molar-refractivity contribution >= 4 is 33.2 Å². The van der Waals surface area contributed by atoms with Crippen LogP contribution in [0.15, 0.2) is 47.4 Å². The molecule has 1 N–H and O–H groups in total. The Labute approximate surface area is 178 Å². The van der Waals surface area contributed by atoms with Crippen molar-refractivity contribution < 1.29 is 13.2 Å². The highest BCUT2D eigenvalue weighted by Crippen LogP contribution is 2.29. The van der Waals surface area contributed by atoms with Crippen molar-refractivity contribution in [1.82, 2.24) is 4.31 Å². The lowest BCUT2D eigenvalue weighted by Crippen LogP contribution is -2.32. The minimum Gasteiger partial charge on any atom is -0.322 e. The second kappa shape index (κ2) is 9.28. The lowest BCUT2D eigenvalue weighted by molar-refractivity contribution is 0.102. The van der Waals surface area contributed by atoms with Crippen LogP contribution in [0.5, 0.6) is 0 Å². The first kappa shape index (κ1) is 21.8. The highest BCUT2D eigenvalue weighted by molar-refractivity contribution is 7.89. The maximum Gasteiger partial charge on any atom is 0.255 e. The third-order valence-electron chi connectivity index (χ3n) is 5.21. The van der Waals surface area contributed by atoms with Gasteiger partial charge in [0.15, 0.2) is 0 Å². The van der Waals surface area contributed by atoms with Crippen molar-refractivity contribution in [3.8, 4) is 0 Å². The monoisotopic (exact) mass is 434 g/mol. The molecule has 0 aromatic heterocycles. The molecule has 1 aliphatic rings. The summed E-state index contributed by atoms with van der Waals surface area (Å²) < 4.78 is 27.8. The summed E-state index contributed by atoms with van der Waals surface area (Å²) in [4.78, 5) is 12.8. The van der Waals surface area contributed by atoms with Gasteiger partial charge in [0, 0.05) is 24.3 Å². The second-order valence-corrected chi connectivity index (χ2v) is 9.97. The summed E-state index contributed by atoms with van der Waals surface area (Å²) in [5.41, 5.74) is 2.01. The van der Waals surface area contributed by atoms with E-state index in [-0.39, 0.29) is 27.3 Å². The number of anilines is 1. The summed E-state index contributed by atoms with van der Waals surface area (Å²) in [6.45, 7) is 5.08. The van der Waals surface area contributed by atoms with Crippen LogP contribution in [0.3, 0.4) is 0 Å². The summed E-state index contributed by atoms with van der Waals surface area (Å²) in [5, 5.41) is 3.04. The molecule has 7 heteroatoms. The van der Waals surface area contributed by atoms with Crippen LogP contribution in [0.4, 0.5) is 5.69 Å². The van der Waals surface area contributed by atoms with Crippen molar-refractivity contribution in [2.45, 2.75) is 50.3 Å². The molecule has 0 bridgehead atoms. The van der Waals surface area contributed by atoms with Gasteiger partial charge >= 0.3 is 0 Å². The molecule has 0 aliphatic carbocycles. The van der Waals surface area contributed by atoms with E-state index in [0.29, 0.717) is 13.1 Å². The molecule has 0 saturated carbocycles.